The van der Waals surface area contributed by atoms with Crippen LogP contribution in [-0.4, -0.2) is 20.3 Å². The van der Waals surface area contributed by atoms with Crippen molar-refractivity contribution >= 4 is 0 Å². The van der Waals surface area contributed by atoms with Gasteiger partial charge < -0.3 is 14.8 Å². The van der Waals surface area contributed by atoms with Gasteiger partial charge in [0.2, 0.25) is 0 Å². The van der Waals surface area contributed by atoms with E-state index < -0.39 is 0 Å². The third-order valence-electron chi connectivity index (χ3n) is 2.31. The van der Waals surface area contributed by atoms with Crippen LogP contribution in [0.5, 0.6) is 11.5 Å². The molecule has 0 aliphatic rings. The summed E-state index contributed by atoms with van der Waals surface area (Å²) < 4.78 is 10.8. The average molecular weight is 233 g/mol. The number of hydrogen-bond donors (Lipinski definition) is 1. The van der Waals surface area contributed by atoms with E-state index in [0.717, 1.165) is 24.6 Å². The fourth-order valence-corrected chi connectivity index (χ4v) is 1.43. The summed E-state index contributed by atoms with van der Waals surface area (Å²) in [6.45, 7) is 4.37. The van der Waals surface area contributed by atoms with E-state index in [2.05, 4.69) is 18.2 Å². The first-order chi connectivity index (χ1) is 8.31. The van der Waals surface area contributed by atoms with Gasteiger partial charge in [-0.1, -0.05) is 13.0 Å². The molecule has 0 fully saturated rings. The zero-order valence-electron chi connectivity index (χ0n) is 10.5. The third kappa shape index (κ3) is 4.38. The molecule has 0 aliphatic heterocycles. The van der Waals surface area contributed by atoms with Gasteiger partial charge in [-0.05, 0) is 24.2 Å². The average Bonchev–Trinajstić information content (AvgIpc) is 2.37. The van der Waals surface area contributed by atoms with Crippen LogP contribution in [0.4, 0.5) is 0 Å². The molecular formula is C14H19NO2. The van der Waals surface area contributed by atoms with Gasteiger partial charge >= 0.3 is 0 Å². The quantitative estimate of drug-likeness (QED) is 0.578. The summed E-state index contributed by atoms with van der Waals surface area (Å²) in [5.41, 5.74) is 1.17. The Balaban J connectivity index is 2.68. The summed E-state index contributed by atoms with van der Waals surface area (Å²) in [4.78, 5) is 0. The van der Waals surface area contributed by atoms with E-state index in [1.54, 1.807) is 7.11 Å². The molecule has 1 N–H and O–H groups in total. The number of terminal acetylenes is 1. The van der Waals surface area contributed by atoms with E-state index >= 15 is 0 Å². The lowest BCUT2D eigenvalue weighted by Gasteiger charge is -2.11. The Labute approximate surface area is 103 Å². The van der Waals surface area contributed by atoms with Crippen LogP contribution in [0, 0.1) is 12.3 Å². The second kappa shape index (κ2) is 7.59. The summed E-state index contributed by atoms with van der Waals surface area (Å²) >= 11 is 0. The summed E-state index contributed by atoms with van der Waals surface area (Å²) in [7, 11) is 1.64. The van der Waals surface area contributed by atoms with Crippen molar-refractivity contribution in [1.29, 1.82) is 0 Å². The highest BCUT2D eigenvalue weighted by Crippen LogP contribution is 2.28. The fraction of sp³-hybridized carbons (Fsp3) is 0.429. The number of methoxy groups -OCH3 is 1. The van der Waals surface area contributed by atoms with Gasteiger partial charge in [-0.3, -0.25) is 0 Å². The van der Waals surface area contributed by atoms with Crippen molar-refractivity contribution in [1.82, 2.24) is 5.32 Å². The monoisotopic (exact) mass is 233 g/mol. The molecule has 0 radical (unpaired) electrons. The van der Waals surface area contributed by atoms with Crippen molar-refractivity contribution in [2.45, 2.75) is 19.9 Å². The molecule has 0 bridgehead atoms. The largest absolute Gasteiger partial charge is 0.493 e. The molecule has 1 aromatic rings. The van der Waals surface area contributed by atoms with Crippen LogP contribution in [0.1, 0.15) is 18.9 Å². The van der Waals surface area contributed by atoms with Crippen LogP contribution in [0.3, 0.4) is 0 Å². The summed E-state index contributed by atoms with van der Waals surface area (Å²) in [6, 6.07) is 5.92. The van der Waals surface area contributed by atoms with Crippen LogP contribution in [0.15, 0.2) is 18.2 Å². The molecule has 0 spiro atoms. The van der Waals surface area contributed by atoms with Crippen molar-refractivity contribution in [3.05, 3.63) is 23.8 Å². The Kier molecular flexibility index (Phi) is 5.98. The Morgan fingerprint density at radius 3 is 2.82 bits per heavy atom. The lowest BCUT2D eigenvalue weighted by Crippen LogP contribution is -2.11. The van der Waals surface area contributed by atoms with Gasteiger partial charge in [0.1, 0.15) is 0 Å². The smallest absolute Gasteiger partial charge is 0.161 e. The van der Waals surface area contributed by atoms with Crippen LogP contribution in [-0.2, 0) is 6.54 Å². The van der Waals surface area contributed by atoms with E-state index in [4.69, 9.17) is 15.9 Å². The Morgan fingerprint density at radius 2 is 2.18 bits per heavy atom. The van der Waals surface area contributed by atoms with Crippen LogP contribution < -0.4 is 14.8 Å². The Morgan fingerprint density at radius 1 is 1.35 bits per heavy atom. The normalized spacial score (nSPS) is 9.71. The minimum Gasteiger partial charge on any atom is -0.493 e. The molecule has 3 nitrogen and oxygen atoms in total. The molecular weight excluding hydrogens is 214 g/mol. The molecule has 0 amide bonds. The number of hydrogen-bond acceptors (Lipinski definition) is 3. The van der Waals surface area contributed by atoms with E-state index in [1.165, 1.54) is 5.56 Å². The molecule has 3 heteroatoms. The highest BCUT2D eigenvalue weighted by molar-refractivity contribution is 5.42. The van der Waals surface area contributed by atoms with Gasteiger partial charge in [0.15, 0.2) is 11.5 Å². The highest BCUT2D eigenvalue weighted by atomic mass is 16.5. The molecule has 0 atom stereocenters. The zero-order chi connectivity index (χ0) is 12.5. The maximum Gasteiger partial charge on any atom is 0.161 e. The molecule has 92 valence electrons. The first-order valence-electron chi connectivity index (χ1n) is 5.75. The van der Waals surface area contributed by atoms with E-state index in [-0.39, 0.29) is 0 Å². The van der Waals surface area contributed by atoms with Gasteiger partial charge in [-0.2, -0.15) is 0 Å². The number of benzene rings is 1. The summed E-state index contributed by atoms with van der Waals surface area (Å²) in [5.74, 6) is 4.03. The lowest BCUT2D eigenvalue weighted by atomic mass is 10.2. The lowest BCUT2D eigenvalue weighted by molar-refractivity contribution is 0.301. The zero-order valence-corrected chi connectivity index (χ0v) is 10.5. The maximum atomic E-state index is 5.54. The van der Waals surface area contributed by atoms with Crippen molar-refractivity contribution in [2.24, 2.45) is 0 Å². The SMILES string of the molecule is C#CCCOc1ccc(CNCC)cc1OC. The predicted molar refractivity (Wildman–Crippen MR) is 69.3 cm³/mol. The van der Waals surface area contributed by atoms with Gasteiger partial charge in [0, 0.05) is 13.0 Å². The maximum absolute atomic E-state index is 5.54. The molecule has 0 heterocycles. The van der Waals surface area contributed by atoms with Gasteiger partial charge in [-0.25, -0.2) is 0 Å². The van der Waals surface area contributed by atoms with Crippen molar-refractivity contribution in [3.63, 3.8) is 0 Å². The minimum absolute atomic E-state index is 0.513. The first kappa shape index (κ1) is 13.4. The summed E-state index contributed by atoms with van der Waals surface area (Å²) in [6.07, 6.45) is 5.77. The molecule has 0 aromatic heterocycles. The molecule has 0 aliphatic carbocycles. The molecule has 0 saturated carbocycles. The van der Waals surface area contributed by atoms with Crippen molar-refractivity contribution in [3.8, 4) is 23.8 Å². The van der Waals surface area contributed by atoms with E-state index in [0.29, 0.717) is 13.0 Å². The van der Waals surface area contributed by atoms with Crippen molar-refractivity contribution < 1.29 is 9.47 Å². The van der Waals surface area contributed by atoms with Crippen LogP contribution in [0.2, 0.25) is 0 Å². The molecule has 1 aromatic carbocycles. The molecule has 1 rings (SSSR count). The minimum atomic E-state index is 0.513. The number of nitrogens with one attached hydrogen (secondary N) is 1. The second-order valence-corrected chi connectivity index (χ2v) is 3.57. The van der Waals surface area contributed by atoms with Gasteiger partial charge in [-0.15, -0.1) is 12.3 Å². The Hall–Kier alpha value is -1.66. The topological polar surface area (TPSA) is 30.5 Å². The first-order valence-corrected chi connectivity index (χ1v) is 5.75. The van der Waals surface area contributed by atoms with Gasteiger partial charge in [0.25, 0.3) is 0 Å². The summed E-state index contributed by atoms with van der Waals surface area (Å²) in [5, 5.41) is 3.26. The highest BCUT2D eigenvalue weighted by Gasteiger charge is 2.05. The number of ether oxygens (including phenoxy) is 2. The molecule has 0 saturated heterocycles. The fourth-order valence-electron chi connectivity index (χ4n) is 1.43. The van der Waals surface area contributed by atoms with E-state index in [9.17, 15) is 0 Å². The van der Waals surface area contributed by atoms with Crippen LogP contribution >= 0.6 is 0 Å². The predicted octanol–water partition coefficient (Wildman–Crippen LogP) is 2.21. The third-order valence-corrected chi connectivity index (χ3v) is 2.31. The second-order valence-electron chi connectivity index (χ2n) is 3.57. The van der Waals surface area contributed by atoms with Gasteiger partial charge in [0.05, 0.1) is 13.7 Å². The van der Waals surface area contributed by atoms with E-state index in [1.807, 2.05) is 18.2 Å². The number of rotatable bonds is 7. The Bertz CT molecular complexity index is 382. The van der Waals surface area contributed by atoms with Crippen LogP contribution in [0.25, 0.3) is 0 Å². The standard InChI is InChI=1S/C14H19NO2/c1-4-6-9-17-13-8-7-12(11-15-5-2)10-14(13)16-3/h1,7-8,10,15H,5-6,9,11H2,2-3H3. The molecule has 0 unspecified atom stereocenters. The molecule has 17 heavy (non-hydrogen) atoms. The van der Waals surface area contributed by atoms with Crippen molar-refractivity contribution in [2.75, 3.05) is 20.3 Å².